The van der Waals surface area contributed by atoms with E-state index in [1.165, 1.54) is 0 Å². The summed E-state index contributed by atoms with van der Waals surface area (Å²) < 4.78 is 10.6. The van der Waals surface area contributed by atoms with E-state index in [4.69, 9.17) is 14.9 Å². The Morgan fingerprint density at radius 3 is 2.86 bits per heavy atom. The van der Waals surface area contributed by atoms with Crippen molar-refractivity contribution in [2.75, 3.05) is 37.4 Å². The van der Waals surface area contributed by atoms with Gasteiger partial charge in [0.05, 0.1) is 32.6 Å². The summed E-state index contributed by atoms with van der Waals surface area (Å²) in [5.74, 6) is 2.15. The van der Waals surface area contributed by atoms with Crippen molar-refractivity contribution >= 4 is 11.9 Å². The lowest BCUT2D eigenvalue weighted by Gasteiger charge is -2.25. The van der Waals surface area contributed by atoms with Gasteiger partial charge in [0.2, 0.25) is 11.9 Å². The Labute approximate surface area is 122 Å². The van der Waals surface area contributed by atoms with Gasteiger partial charge in [-0.2, -0.15) is 15.0 Å². The minimum absolute atomic E-state index is 0.218. The summed E-state index contributed by atoms with van der Waals surface area (Å²) in [4.78, 5) is 14.9. The molecule has 0 spiro atoms. The monoisotopic (exact) mass is 290 g/mol. The number of aromatic nitrogens is 3. The molecule has 0 bridgehead atoms. The number of morpholine rings is 1. The second-order valence-electron chi connectivity index (χ2n) is 4.75. The molecule has 0 saturated carbocycles. The van der Waals surface area contributed by atoms with Gasteiger partial charge < -0.3 is 20.2 Å². The largest absolute Gasteiger partial charge is 0.467 e. The third-order valence-corrected chi connectivity index (χ3v) is 3.17. The van der Waals surface area contributed by atoms with Crippen molar-refractivity contribution in [1.82, 2.24) is 19.9 Å². The fourth-order valence-corrected chi connectivity index (χ4v) is 2.13. The molecule has 112 valence electrons. The molecule has 8 nitrogen and oxygen atoms in total. The van der Waals surface area contributed by atoms with Crippen molar-refractivity contribution in [2.24, 2.45) is 0 Å². The first kappa shape index (κ1) is 13.8. The van der Waals surface area contributed by atoms with E-state index in [9.17, 15) is 0 Å². The molecule has 0 unspecified atom stereocenters. The Balaban J connectivity index is 1.64. The summed E-state index contributed by atoms with van der Waals surface area (Å²) >= 11 is 0. The number of hydrogen-bond donors (Lipinski definition) is 2. The molecule has 0 atom stereocenters. The molecule has 1 saturated heterocycles. The Morgan fingerprint density at radius 2 is 2.10 bits per heavy atom. The van der Waals surface area contributed by atoms with Crippen LogP contribution in [0.25, 0.3) is 0 Å². The van der Waals surface area contributed by atoms with Crippen LogP contribution in [0.15, 0.2) is 22.8 Å². The van der Waals surface area contributed by atoms with Crippen molar-refractivity contribution in [3.63, 3.8) is 0 Å². The molecule has 1 fully saturated rings. The highest BCUT2D eigenvalue weighted by Gasteiger charge is 2.13. The quantitative estimate of drug-likeness (QED) is 0.820. The molecular formula is C13H18N6O2. The second kappa shape index (κ2) is 6.51. The summed E-state index contributed by atoms with van der Waals surface area (Å²) in [5.41, 5.74) is 5.74. The first-order chi connectivity index (χ1) is 10.3. The van der Waals surface area contributed by atoms with Crippen LogP contribution < -0.4 is 11.1 Å². The van der Waals surface area contributed by atoms with Gasteiger partial charge in [-0.3, -0.25) is 4.90 Å². The molecule has 2 aromatic heterocycles. The Kier molecular flexibility index (Phi) is 4.27. The lowest BCUT2D eigenvalue weighted by Crippen LogP contribution is -2.36. The van der Waals surface area contributed by atoms with Crippen LogP contribution in [0.3, 0.4) is 0 Å². The van der Waals surface area contributed by atoms with E-state index in [0.29, 0.717) is 24.9 Å². The molecule has 2 aromatic rings. The highest BCUT2D eigenvalue weighted by atomic mass is 16.5. The smallest absolute Gasteiger partial charge is 0.228 e. The van der Waals surface area contributed by atoms with Gasteiger partial charge in [0.15, 0.2) is 0 Å². The van der Waals surface area contributed by atoms with Crippen LogP contribution in [0.2, 0.25) is 0 Å². The molecule has 0 aromatic carbocycles. The van der Waals surface area contributed by atoms with Crippen LogP contribution in [0.1, 0.15) is 11.6 Å². The number of nitrogens with one attached hydrogen (secondary N) is 1. The normalized spacial score (nSPS) is 16.0. The van der Waals surface area contributed by atoms with Crippen molar-refractivity contribution in [2.45, 2.75) is 13.1 Å². The van der Waals surface area contributed by atoms with E-state index < -0.39 is 0 Å². The lowest BCUT2D eigenvalue weighted by molar-refractivity contribution is 0.0331. The maximum Gasteiger partial charge on any atom is 0.228 e. The zero-order valence-corrected chi connectivity index (χ0v) is 11.7. The topological polar surface area (TPSA) is 102 Å². The van der Waals surface area contributed by atoms with Crippen molar-refractivity contribution in [1.29, 1.82) is 0 Å². The number of ether oxygens (including phenoxy) is 1. The number of furan rings is 1. The zero-order chi connectivity index (χ0) is 14.5. The van der Waals surface area contributed by atoms with E-state index in [1.54, 1.807) is 6.26 Å². The predicted octanol–water partition coefficient (Wildman–Crippen LogP) is 0.491. The molecule has 3 rings (SSSR count). The highest BCUT2D eigenvalue weighted by Crippen LogP contribution is 2.09. The van der Waals surface area contributed by atoms with E-state index in [1.807, 2.05) is 12.1 Å². The van der Waals surface area contributed by atoms with Crippen LogP contribution in [0.5, 0.6) is 0 Å². The van der Waals surface area contributed by atoms with Crippen molar-refractivity contribution < 1.29 is 9.15 Å². The van der Waals surface area contributed by atoms with Crippen LogP contribution in [-0.2, 0) is 17.8 Å². The van der Waals surface area contributed by atoms with E-state index in [-0.39, 0.29) is 5.95 Å². The maximum atomic E-state index is 5.74. The first-order valence-corrected chi connectivity index (χ1v) is 6.86. The van der Waals surface area contributed by atoms with Gasteiger partial charge >= 0.3 is 0 Å². The van der Waals surface area contributed by atoms with Crippen molar-refractivity contribution in [3.05, 3.63) is 30.0 Å². The van der Waals surface area contributed by atoms with Crippen LogP contribution in [0.4, 0.5) is 11.9 Å². The third-order valence-electron chi connectivity index (χ3n) is 3.17. The van der Waals surface area contributed by atoms with Gasteiger partial charge in [-0.05, 0) is 12.1 Å². The van der Waals surface area contributed by atoms with E-state index >= 15 is 0 Å². The Hall–Kier alpha value is -2.19. The van der Waals surface area contributed by atoms with Gasteiger partial charge in [-0.25, -0.2) is 0 Å². The second-order valence-corrected chi connectivity index (χ2v) is 4.75. The van der Waals surface area contributed by atoms with Crippen LogP contribution in [-0.4, -0.2) is 46.2 Å². The average molecular weight is 290 g/mol. The van der Waals surface area contributed by atoms with E-state index in [2.05, 4.69) is 25.2 Å². The molecule has 8 heteroatoms. The molecular weight excluding hydrogens is 272 g/mol. The van der Waals surface area contributed by atoms with Gasteiger partial charge in [-0.1, -0.05) is 0 Å². The number of hydrogen-bond acceptors (Lipinski definition) is 8. The molecule has 0 aliphatic carbocycles. The number of anilines is 2. The first-order valence-electron chi connectivity index (χ1n) is 6.86. The Bertz CT molecular complexity index is 568. The fourth-order valence-electron chi connectivity index (χ4n) is 2.13. The maximum absolute atomic E-state index is 5.74. The Morgan fingerprint density at radius 1 is 1.24 bits per heavy atom. The van der Waals surface area contributed by atoms with Gasteiger partial charge in [0.1, 0.15) is 11.6 Å². The zero-order valence-electron chi connectivity index (χ0n) is 11.7. The van der Waals surface area contributed by atoms with Crippen LogP contribution >= 0.6 is 0 Å². The van der Waals surface area contributed by atoms with Crippen molar-refractivity contribution in [3.8, 4) is 0 Å². The summed E-state index contributed by atoms with van der Waals surface area (Å²) in [6, 6.07) is 3.72. The number of rotatable bonds is 5. The number of nitrogen functional groups attached to an aromatic ring is 1. The molecule has 3 heterocycles. The lowest BCUT2D eigenvalue weighted by atomic mass is 10.4. The number of nitrogens with zero attached hydrogens (tertiary/aromatic N) is 4. The highest BCUT2D eigenvalue weighted by molar-refractivity contribution is 5.31. The van der Waals surface area contributed by atoms with Crippen LogP contribution in [0, 0.1) is 0 Å². The minimum Gasteiger partial charge on any atom is -0.467 e. The standard InChI is InChI=1S/C13H18N6O2/c14-12-16-11(9-19-3-6-20-7-4-19)17-13(18-12)15-8-10-2-1-5-21-10/h1-2,5H,3-4,6-9H2,(H3,14,15,16,17,18). The minimum atomic E-state index is 0.218. The fraction of sp³-hybridized carbons (Fsp3) is 0.462. The summed E-state index contributed by atoms with van der Waals surface area (Å²) in [6.07, 6.45) is 1.63. The number of nitrogens with two attached hydrogens (primary N) is 1. The SMILES string of the molecule is Nc1nc(CN2CCOCC2)nc(NCc2ccco2)n1. The molecule has 1 aliphatic heterocycles. The average Bonchev–Trinajstić information content (AvgIpc) is 2.99. The molecule has 1 aliphatic rings. The van der Waals surface area contributed by atoms with Gasteiger partial charge in [-0.15, -0.1) is 0 Å². The van der Waals surface area contributed by atoms with Gasteiger partial charge in [0.25, 0.3) is 0 Å². The van der Waals surface area contributed by atoms with E-state index in [0.717, 1.165) is 32.1 Å². The predicted molar refractivity (Wildman–Crippen MR) is 76.4 cm³/mol. The summed E-state index contributed by atoms with van der Waals surface area (Å²) in [5, 5.41) is 3.09. The molecule has 21 heavy (non-hydrogen) atoms. The molecule has 0 radical (unpaired) electrons. The molecule has 0 amide bonds. The third kappa shape index (κ3) is 3.89. The van der Waals surface area contributed by atoms with Gasteiger partial charge in [0, 0.05) is 13.1 Å². The molecule has 3 N–H and O–H groups in total. The summed E-state index contributed by atoms with van der Waals surface area (Å²) in [6.45, 7) is 4.38. The summed E-state index contributed by atoms with van der Waals surface area (Å²) in [7, 11) is 0.